The molecule has 20 heavy (non-hydrogen) atoms. The van der Waals surface area contributed by atoms with Gasteiger partial charge in [-0.05, 0) is 18.2 Å². The molecule has 0 atom stereocenters. The first kappa shape index (κ1) is 15.9. The maximum atomic E-state index is 12.0. The number of nitrogens with two attached hydrogens (primary N) is 1. The monoisotopic (exact) mass is 281 g/mol. The second-order valence-electron chi connectivity index (χ2n) is 3.98. The first-order valence-corrected chi connectivity index (χ1v) is 6.07. The zero-order chi connectivity index (χ0) is 15.0. The van der Waals surface area contributed by atoms with Crippen LogP contribution in [0.5, 0.6) is 0 Å². The predicted molar refractivity (Wildman–Crippen MR) is 75.2 cm³/mol. The van der Waals surface area contributed by atoms with E-state index < -0.39 is 11.9 Å². The van der Waals surface area contributed by atoms with Crippen molar-refractivity contribution in [2.24, 2.45) is 0 Å². The molecule has 0 spiro atoms. The highest BCUT2D eigenvalue weighted by Crippen LogP contribution is 2.17. The van der Waals surface area contributed by atoms with Gasteiger partial charge >= 0.3 is 6.03 Å². The Hall–Kier alpha value is -2.12. The minimum absolute atomic E-state index is 0.00567. The predicted octanol–water partition coefficient (Wildman–Crippen LogP) is 0.952. The van der Waals surface area contributed by atoms with Gasteiger partial charge in [0, 0.05) is 19.7 Å². The number of benzene rings is 1. The van der Waals surface area contributed by atoms with Gasteiger partial charge in [0.1, 0.15) is 6.73 Å². The first-order chi connectivity index (χ1) is 9.56. The topological polar surface area (TPSA) is 93.9 Å². The lowest BCUT2D eigenvalue weighted by molar-refractivity contribution is -0.115. The molecule has 0 unspecified atom stereocenters. The number of nitrogen functional groups attached to an aromatic ring is 1. The molecule has 1 aromatic carbocycles. The van der Waals surface area contributed by atoms with Crippen molar-refractivity contribution in [1.82, 2.24) is 5.32 Å². The van der Waals surface area contributed by atoms with Crippen LogP contribution in [0.1, 0.15) is 6.92 Å². The van der Waals surface area contributed by atoms with E-state index in [1.165, 1.54) is 6.92 Å². The van der Waals surface area contributed by atoms with E-state index in [1.54, 1.807) is 31.4 Å². The van der Waals surface area contributed by atoms with E-state index in [0.717, 1.165) is 4.90 Å². The van der Waals surface area contributed by atoms with Crippen molar-refractivity contribution in [1.29, 1.82) is 0 Å². The Morgan fingerprint density at radius 3 is 2.70 bits per heavy atom. The van der Waals surface area contributed by atoms with Crippen LogP contribution >= 0.6 is 0 Å². The number of anilines is 2. The van der Waals surface area contributed by atoms with Gasteiger partial charge in [-0.3, -0.25) is 4.79 Å². The molecule has 0 fully saturated rings. The Morgan fingerprint density at radius 2 is 2.10 bits per heavy atom. The van der Waals surface area contributed by atoms with E-state index in [4.69, 9.17) is 15.2 Å². The van der Waals surface area contributed by atoms with Crippen LogP contribution in [0.25, 0.3) is 0 Å². The van der Waals surface area contributed by atoms with Crippen LogP contribution in [0.4, 0.5) is 16.2 Å². The summed E-state index contributed by atoms with van der Waals surface area (Å²) in [5, 5.41) is 2.49. The molecule has 3 N–H and O–H groups in total. The standard InChI is InChI=1S/C13H19N3O4/c1-10(17)16(12-5-3-4-11(14)8-12)13(18)15-9-20-7-6-19-2/h3-5,8H,6-7,9,14H2,1-2H3,(H,15,18). The van der Waals surface area contributed by atoms with Gasteiger partial charge in [0.15, 0.2) is 0 Å². The summed E-state index contributed by atoms with van der Waals surface area (Å²) in [5.41, 5.74) is 6.52. The first-order valence-electron chi connectivity index (χ1n) is 6.07. The molecular weight excluding hydrogens is 262 g/mol. The van der Waals surface area contributed by atoms with Crippen molar-refractivity contribution in [3.63, 3.8) is 0 Å². The van der Waals surface area contributed by atoms with Crippen LogP contribution in [0.2, 0.25) is 0 Å². The SMILES string of the molecule is COCCOCNC(=O)N(C(C)=O)c1cccc(N)c1. The molecule has 110 valence electrons. The average molecular weight is 281 g/mol. The van der Waals surface area contributed by atoms with Crippen molar-refractivity contribution in [2.75, 3.05) is 37.7 Å². The van der Waals surface area contributed by atoms with Gasteiger partial charge in [-0.2, -0.15) is 0 Å². The molecule has 0 saturated carbocycles. The minimum atomic E-state index is -0.569. The lowest BCUT2D eigenvalue weighted by Crippen LogP contribution is -2.43. The molecule has 0 aliphatic carbocycles. The molecule has 0 saturated heterocycles. The summed E-state index contributed by atoms with van der Waals surface area (Å²) in [5.74, 6) is -0.412. The van der Waals surface area contributed by atoms with Crippen molar-refractivity contribution < 1.29 is 19.1 Å². The number of carbonyl (C=O) groups is 2. The second-order valence-corrected chi connectivity index (χ2v) is 3.98. The number of nitrogens with one attached hydrogen (secondary N) is 1. The number of urea groups is 1. The van der Waals surface area contributed by atoms with E-state index in [0.29, 0.717) is 24.6 Å². The lowest BCUT2D eigenvalue weighted by atomic mass is 10.2. The highest BCUT2D eigenvalue weighted by Gasteiger charge is 2.19. The number of nitrogens with zero attached hydrogens (tertiary/aromatic N) is 1. The summed E-state index contributed by atoms with van der Waals surface area (Å²) in [6.07, 6.45) is 0. The van der Waals surface area contributed by atoms with Gasteiger partial charge in [-0.15, -0.1) is 0 Å². The zero-order valence-electron chi connectivity index (χ0n) is 11.6. The van der Waals surface area contributed by atoms with Crippen molar-refractivity contribution in [3.8, 4) is 0 Å². The van der Waals surface area contributed by atoms with E-state index in [9.17, 15) is 9.59 Å². The van der Waals surface area contributed by atoms with E-state index in [-0.39, 0.29) is 6.73 Å². The van der Waals surface area contributed by atoms with Crippen molar-refractivity contribution in [3.05, 3.63) is 24.3 Å². The molecule has 0 bridgehead atoms. The summed E-state index contributed by atoms with van der Waals surface area (Å²) in [6, 6.07) is 5.95. The Bertz CT molecular complexity index is 465. The summed E-state index contributed by atoms with van der Waals surface area (Å²) in [4.78, 5) is 24.6. The molecule has 7 nitrogen and oxygen atoms in total. The van der Waals surface area contributed by atoms with E-state index in [2.05, 4.69) is 5.32 Å². The van der Waals surface area contributed by atoms with Crippen LogP contribution in [0.15, 0.2) is 24.3 Å². The van der Waals surface area contributed by atoms with Crippen LogP contribution in [-0.2, 0) is 14.3 Å². The molecular formula is C13H19N3O4. The maximum absolute atomic E-state index is 12.0. The Morgan fingerprint density at radius 1 is 1.35 bits per heavy atom. The molecule has 0 heterocycles. The average Bonchev–Trinajstić information content (AvgIpc) is 2.38. The lowest BCUT2D eigenvalue weighted by Gasteiger charge is -2.20. The largest absolute Gasteiger partial charge is 0.399 e. The molecule has 0 aromatic heterocycles. The van der Waals surface area contributed by atoms with Crippen molar-refractivity contribution >= 4 is 23.3 Å². The highest BCUT2D eigenvalue weighted by molar-refractivity contribution is 6.13. The highest BCUT2D eigenvalue weighted by atomic mass is 16.5. The number of imide groups is 1. The van der Waals surface area contributed by atoms with Gasteiger partial charge < -0.3 is 20.5 Å². The number of hydrogen-bond acceptors (Lipinski definition) is 5. The van der Waals surface area contributed by atoms with Crippen LogP contribution in [0.3, 0.4) is 0 Å². The van der Waals surface area contributed by atoms with E-state index >= 15 is 0 Å². The maximum Gasteiger partial charge on any atom is 0.330 e. The van der Waals surface area contributed by atoms with Crippen molar-refractivity contribution in [2.45, 2.75) is 6.92 Å². The third-order valence-corrected chi connectivity index (χ3v) is 2.40. The van der Waals surface area contributed by atoms with Crippen LogP contribution < -0.4 is 16.0 Å². The van der Waals surface area contributed by atoms with Gasteiger partial charge in [-0.1, -0.05) is 6.07 Å². The zero-order valence-corrected chi connectivity index (χ0v) is 11.6. The van der Waals surface area contributed by atoms with Gasteiger partial charge in [0.2, 0.25) is 5.91 Å². The fourth-order valence-electron chi connectivity index (χ4n) is 1.51. The summed E-state index contributed by atoms with van der Waals surface area (Å²) < 4.78 is 9.92. The quantitative estimate of drug-likeness (QED) is 0.460. The number of rotatable bonds is 6. The number of hydrogen-bond donors (Lipinski definition) is 2. The fourth-order valence-corrected chi connectivity index (χ4v) is 1.51. The third-order valence-electron chi connectivity index (χ3n) is 2.40. The summed E-state index contributed by atoms with van der Waals surface area (Å²) in [6.45, 7) is 2.08. The molecule has 1 aromatic rings. The number of amides is 3. The van der Waals surface area contributed by atoms with E-state index in [1.807, 2.05) is 0 Å². The molecule has 1 rings (SSSR count). The van der Waals surface area contributed by atoms with Gasteiger partial charge in [-0.25, -0.2) is 9.69 Å². The van der Waals surface area contributed by atoms with Gasteiger partial charge in [0.25, 0.3) is 0 Å². The van der Waals surface area contributed by atoms with Crippen LogP contribution in [0, 0.1) is 0 Å². The number of carbonyl (C=O) groups excluding carboxylic acids is 2. The second kappa shape index (κ2) is 8.13. The fraction of sp³-hybridized carbons (Fsp3) is 0.385. The Labute approximate surface area is 117 Å². The summed E-state index contributed by atoms with van der Waals surface area (Å²) >= 11 is 0. The summed E-state index contributed by atoms with van der Waals surface area (Å²) in [7, 11) is 1.55. The molecule has 7 heteroatoms. The van der Waals surface area contributed by atoms with Crippen LogP contribution in [-0.4, -0.2) is 39.0 Å². The number of methoxy groups -OCH3 is 1. The smallest absolute Gasteiger partial charge is 0.330 e. The Kier molecular flexibility index (Phi) is 6.48. The molecule has 3 amide bonds. The molecule has 0 aliphatic heterocycles. The molecule has 0 aliphatic rings. The normalized spacial score (nSPS) is 10.1. The van der Waals surface area contributed by atoms with Gasteiger partial charge in [0.05, 0.1) is 18.9 Å². The minimum Gasteiger partial charge on any atom is -0.399 e. The third kappa shape index (κ3) is 4.87. The number of ether oxygens (including phenoxy) is 2. The Balaban J connectivity index is 2.62. The molecule has 0 radical (unpaired) electrons.